The van der Waals surface area contributed by atoms with E-state index in [2.05, 4.69) is 38.6 Å². The highest BCUT2D eigenvalue weighted by molar-refractivity contribution is 6.28. The Kier molecular flexibility index (Phi) is 4.03. The number of fused-ring (bicyclic) bond motifs is 2. The van der Waals surface area contributed by atoms with Gasteiger partial charge in [0.25, 0.3) is 0 Å². The number of nitrogens with zero attached hydrogens (tertiary/aromatic N) is 5. The second-order valence-electron chi connectivity index (χ2n) is 6.73. The summed E-state index contributed by atoms with van der Waals surface area (Å²) in [5, 5.41) is 0.246. The summed E-state index contributed by atoms with van der Waals surface area (Å²) >= 11 is 6.17. The van der Waals surface area contributed by atoms with Crippen molar-refractivity contribution >= 4 is 23.5 Å². The van der Waals surface area contributed by atoms with E-state index in [1.54, 1.807) is 0 Å². The van der Waals surface area contributed by atoms with E-state index in [0.29, 0.717) is 11.9 Å². The van der Waals surface area contributed by atoms with Crippen LogP contribution in [0, 0.1) is 0 Å². The first-order valence-electron chi connectivity index (χ1n) is 8.29. The van der Waals surface area contributed by atoms with E-state index in [0.717, 1.165) is 39.0 Å². The Morgan fingerprint density at radius 3 is 1.91 bits per heavy atom. The molecule has 126 valence electrons. The molecule has 4 atom stereocenters. The topological polar surface area (TPSA) is 63.6 Å². The van der Waals surface area contributed by atoms with Crippen molar-refractivity contribution in [3.05, 3.63) is 5.28 Å². The molecular weight excluding hydrogens is 318 g/mol. The molecule has 0 radical (unpaired) electrons. The van der Waals surface area contributed by atoms with Crippen molar-refractivity contribution in [1.29, 1.82) is 0 Å². The molecule has 0 saturated carbocycles. The standard InChI is InChI=1S/C15H22ClN5O2/c1-9-5-20(6-10(2)22-9)14-17-13(16)18-15(19-14)21-7-11-3-4-12(8-21)23-11/h9-12H,3-8H2,1-2H3. The van der Waals surface area contributed by atoms with Crippen molar-refractivity contribution in [3.63, 3.8) is 0 Å². The summed E-state index contributed by atoms with van der Waals surface area (Å²) in [7, 11) is 0. The Morgan fingerprint density at radius 2 is 1.35 bits per heavy atom. The van der Waals surface area contributed by atoms with Crippen molar-refractivity contribution < 1.29 is 9.47 Å². The second kappa shape index (κ2) is 6.03. The maximum atomic E-state index is 6.17. The Morgan fingerprint density at radius 1 is 0.826 bits per heavy atom. The van der Waals surface area contributed by atoms with Crippen molar-refractivity contribution in [1.82, 2.24) is 15.0 Å². The quantitative estimate of drug-likeness (QED) is 0.809. The van der Waals surface area contributed by atoms with Gasteiger partial charge in [-0.25, -0.2) is 0 Å². The van der Waals surface area contributed by atoms with Crippen LogP contribution in [0.3, 0.4) is 0 Å². The highest BCUT2D eigenvalue weighted by atomic mass is 35.5. The van der Waals surface area contributed by atoms with Gasteiger partial charge in [0.2, 0.25) is 17.2 Å². The fourth-order valence-corrected chi connectivity index (χ4v) is 3.88. The molecule has 3 fully saturated rings. The molecule has 8 heteroatoms. The van der Waals surface area contributed by atoms with Crippen LogP contribution >= 0.6 is 11.6 Å². The molecule has 4 rings (SSSR count). The molecule has 7 nitrogen and oxygen atoms in total. The molecule has 0 aromatic carbocycles. The van der Waals surface area contributed by atoms with E-state index >= 15 is 0 Å². The fraction of sp³-hybridized carbons (Fsp3) is 0.800. The number of ether oxygens (including phenoxy) is 2. The van der Waals surface area contributed by atoms with Gasteiger partial charge in [-0.1, -0.05) is 0 Å². The summed E-state index contributed by atoms with van der Waals surface area (Å²) in [5.41, 5.74) is 0. The van der Waals surface area contributed by atoms with E-state index in [4.69, 9.17) is 21.1 Å². The van der Waals surface area contributed by atoms with Crippen LogP contribution < -0.4 is 9.80 Å². The van der Waals surface area contributed by atoms with Gasteiger partial charge in [-0.05, 0) is 38.3 Å². The van der Waals surface area contributed by atoms with Crippen LogP contribution in [0.2, 0.25) is 5.28 Å². The molecule has 2 bridgehead atoms. The van der Waals surface area contributed by atoms with Crippen LogP contribution in [-0.2, 0) is 9.47 Å². The van der Waals surface area contributed by atoms with Gasteiger partial charge in [0.15, 0.2) is 0 Å². The van der Waals surface area contributed by atoms with Crippen LogP contribution in [0.15, 0.2) is 0 Å². The first-order valence-corrected chi connectivity index (χ1v) is 8.67. The van der Waals surface area contributed by atoms with Gasteiger partial charge in [-0.3, -0.25) is 0 Å². The van der Waals surface area contributed by atoms with Crippen LogP contribution in [0.25, 0.3) is 0 Å². The summed E-state index contributed by atoms with van der Waals surface area (Å²) < 4.78 is 11.7. The normalized spacial score (nSPS) is 34.0. The molecular formula is C15H22ClN5O2. The minimum atomic E-state index is 0.150. The fourth-order valence-electron chi connectivity index (χ4n) is 3.73. The van der Waals surface area contributed by atoms with Crippen LogP contribution in [-0.4, -0.2) is 65.5 Å². The third-order valence-corrected chi connectivity index (χ3v) is 4.78. The van der Waals surface area contributed by atoms with Gasteiger partial charge in [0.1, 0.15) is 0 Å². The maximum Gasteiger partial charge on any atom is 0.231 e. The van der Waals surface area contributed by atoms with Crippen molar-refractivity contribution in [2.24, 2.45) is 0 Å². The average molecular weight is 340 g/mol. The molecule has 1 aromatic heterocycles. The molecule has 0 aliphatic carbocycles. The summed E-state index contributed by atoms with van der Waals surface area (Å²) in [6.07, 6.45) is 3.11. The number of morpholine rings is 2. The zero-order valence-corrected chi connectivity index (χ0v) is 14.2. The van der Waals surface area contributed by atoms with Crippen LogP contribution in [0.5, 0.6) is 0 Å². The van der Waals surface area contributed by atoms with Gasteiger partial charge in [-0.2, -0.15) is 15.0 Å². The molecule has 4 heterocycles. The van der Waals surface area contributed by atoms with E-state index < -0.39 is 0 Å². The zero-order valence-electron chi connectivity index (χ0n) is 13.5. The first kappa shape index (κ1) is 15.4. The molecule has 3 aliphatic heterocycles. The van der Waals surface area contributed by atoms with Gasteiger partial charge in [0.05, 0.1) is 24.4 Å². The lowest BCUT2D eigenvalue weighted by molar-refractivity contribution is -0.00573. The predicted octanol–water partition coefficient (Wildman–Crippen LogP) is 1.51. The number of rotatable bonds is 2. The first-order chi connectivity index (χ1) is 11.1. The molecule has 0 N–H and O–H groups in total. The highest BCUT2D eigenvalue weighted by Gasteiger charge is 2.35. The van der Waals surface area contributed by atoms with Crippen LogP contribution in [0.4, 0.5) is 11.9 Å². The SMILES string of the molecule is CC1CN(c2nc(Cl)nc(N3CC4CCC(C3)O4)n2)CC(C)O1. The van der Waals surface area contributed by atoms with E-state index in [9.17, 15) is 0 Å². The Hall–Kier alpha value is -1.18. The van der Waals surface area contributed by atoms with E-state index in [-0.39, 0.29) is 29.7 Å². The third kappa shape index (κ3) is 3.22. The smallest absolute Gasteiger partial charge is 0.231 e. The Bertz CT molecular complexity index is 547. The molecule has 3 saturated heterocycles. The lowest BCUT2D eigenvalue weighted by Gasteiger charge is -2.36. The lowest BCUT2D eigenvalue weighted by Crippen LogP contribution is -2.47. The van der Waals surface area contributed by atoms with Gasteiger partial charge < -0.3 is 19.3 Å². The summed E-state index contributed by atoms with van der Waals surface area (Å²) in [6, 6.07) is 0. The summed E-state index contributed by atoms with van der Waals surface area (Å²) in [6.45, 7) is 7.30. The number of aromatic nitrogens is 3. The van der Waals surface area contributed by atoms with Crippen molar-refractivity contribution in [2.45, 2.75) is 51.1 Å². The maximum absolute atomic E-state index is 6.17. The predicted molar refractivity (Wildman–Crippen MR) is 87.2 cm³/mol. The van der Waals surface area contributed by atoms with Gasteiger partial charge >= 0.3 is 0 Å². The molecule has 4 unspecified atom stereocenters. The Balaban J connectivity index is 1.58. The van der Waals surface area contributed by atoms with Gasteiger partial charge in [0, 0.05) is 26.2 Å². The highest BCUT2D eigenvalue weighted by Crippen LogP contribution is 2.29. The van der Waals surface area contributed by atoms with E-state index in [1.807, 2.05) is 0 Å². The minimum absolute atomic E-state index is 0.150. The lowest BCUT2D eigenvalue weighted by atomic mass is 10.2. The van der Waals surface area contributed by atoms with E-state index in [1.165, 1.54) is 0 Å². The average Bonchev–Trinajstić information content (AvgIpc) is 2.84. The number of hydrogen-bond donors (Lipinski definition) is 0. The third-order valence-electron chi connectivity index (χ3n) is 4.61. The monoisotopic (exact) mass is 339 g/mol. The van der Waals surface area contributed by atoms with Crippen molar-refractivity contribution in [2.75, 3.05) is 36.0 Å². The Labute approximate surface area is 141 Å². The number of hydrogen-bond acceptors (Lipinski definition) is 7. The minimum Gasteiger partial charge on any atom is -0.372 e. The second-order valence-corrected chi connectivity index (χ2v) is 7.07. The largest absolute Gasteiger partial charge is 0.372 e. The van der Waals surface area contributed by atoms with Gasteiger partial charge in [-0.15, -0.1) is 0 Å². The van der Waals surface area contributed by atoms with Crippen LogP contribution in [0.1, 0.15) is 26.7 Å². The summed E-state index contributed by atoms with van der Waals surface area (Å²) in [5.74, 6) is 1.30. The number of anilines is 2. The molecule has 3 aliphatic rings. The molecule has 23 heavy (non-hydrogen) atoms. The summed E-state index contributed by atoms with van der Waals surface area (Å²) in [4.78, 5) is 17.7. The molecule has 0 spiro atoms. The zero-order chi connectivity index (χ0) is 16.0. The van der Waals surface area contributed by atoms with Crippen molar-refractivity contribution in [3.8, 4) is 0 Å². The molecule has 1 aromatic rings. The molecule has 0 amide bonds. The number of halogens is 1.